The van der Waals surface area contributed by atoms with Crippen molar-refractivity contribution in [3.63, 3.8) is 0 Å². The fourth-order valence-corrected chi connectivity index (χ4v) is 1.50. The van der Waals surface area contributed by atoms with Gasteiger partial charge in [-0.15, -0.1) is 11.8 Å². The highest BCUT2D eigenvalue weighted by Crippen LogP contribution is 2.22. The highest BCUT2D eigenvalue weighted by atomic mass is 79.9. The second kappa shape index (κ2) is 5.56. The van der Waals surface area contributed by atoms with Crippen molar-refractivity contribution in [1.29, 1.82) is 0 Å². The molecular weight excluding hydrogens is 242 g/mol. The minimum atomic E-state index is 0.594. The molecule has 0 saturated carbocycles. The summed E-state index contributed by atoms with van der Waals surface area (Å²) in [5.41, 5.74) is 6.34. The zero-order valence-corrected chi connectivity index (χ0v) is 9.60. The van der Waals surface area contributed by atoms with E-state index in [1.165, 1.54) is 0 Å². The van der Waals surface area contributed by atoms with E-state index in [2.05, 4.69) is 27.8 Å². The minimum absolute atomic E-state index is 0.594. The van der Waals surface area contributed by atoms with Crippen LogP contribution in [0.2, 0.25) is 0 Å². The highest BCUT2D eigenvalue weighted by molar-refractivity contribution is 9.10. The highest BCUT2D eigenvalue weighted by Gasteiger charge is 1.96. The quantitative estimate of drug-likeness (QED) is 0.511. The summed E-state index contributed by atoms with van der Waals surface area (Å²) in [5.74, 6) is 6.52. The van der Waals surface area contributed by atoms with Gasteiger partial charge < -0.3 is 10.5 Å². The van der Waals surface area contributed by atoms with E-state index in [1.54, 1.807) is 6.07 Å². The molecule has 74 valence electrons. The fraction of sp³-hybridized carbons (Fsp3) is 0.273. The number of ether oxygens (including phenoxy) is 1. The van der Waals surface area contributed by atoms with Gasteiger partial charge in [-0.1, -0.05) is 15.9 Å². The molecule has 3 heteroatoms. The summed E-state index contributed by atoms with van der Waals surface area (Å²) in [6.45, 7) is 2.41. The topological polar surface area (TPSA) is 35.2 Å². The molecule has 0 aliphatic rings. The van der Waals surface area contributed by atoms with E-state index in [0.717, 1.165) is 16.6 Å². The van der Waals surface area contributed by atoms with Gasteiger partial charge in [0.2, 0.25) is 0 Å². The lowest BCUT2D eigenvalue weighted by atomic mass is 10.3. The van der Waals surface area contributed by atoms with Gasteiger partial charge in [-0.3, -0.25) is 0 Å². The van der Waals surface area contributed by atoms with Crippen molar-refractivity contribution in [3.05, 3.63) is 22.7 Å². The van der Waals surface area contributed by atoms with E-state index in [0.29, 0.717) is 12.3 Å². The van der Waals surface area contributed by atoms with Gasteiger partial charge in [-0.2, -0.15) is 0 Å². The maximum absolute atomic E-state index is 5.65. The molecule has 0 saturated heterocycles. The van der Waals surface area contributed by atoms with Crippen LogP contribution in [-0.4, -0.2) is 6.61 Å². The first-order chi connectivity index (χ1) is 6.72. The van der Waals surface area contributed by atoms with Gasteiger partial charge in [0.05, 0.1) is 6.61 Å². The van der Waals surface area contributed by atoms with Crippen LogP contribution in [0.5, 0.6) is 5.75 Å². The van der Waals surface area contributed by atoms with Crippen LogP contribution in [-0.2, 0) is 0 Å². The Balaban J connectivity index is 2.53. The van der Waals surface area contributed by atoms with Gasteiger partial charge in [0.25, 0.3) is 0 Å². The molecule has 0 bridgehead atoms. The molecule has 0 aliphatic heterocycles. The molecule has 0 spiro atoms. The molecule has 0 aromatic heterocycles. The summed E-state index contributed by atoms with van der Waals surface area (Å²) < 4.78 is 6.38. The standard InChI is InChI=1S/C11H12BrNO/c1-2-3-4-5-14-11-7-9(12)6-10(13)8-11/h6-8H,4-5,13H2,1H3. The Hall–Kier alpha value is -1.14. The minimum Gasteiger partial charge on any atom is -0.492 e. The SMILES string of the molecule is CC#CCCOc1cc(N)cc(Br)c1. The normalized spacial score (nSPS) is 9.00. The lowest BCUT2D eigenvalue weighted by Crippen LogP contribution is -1.96. The van der Waals surface area contributed by atoms with Crippen molar-refractivity contribution in [2.24, 2.45) is 0 Å². The van der Waals surface area contributed by atoms with E-state index < -0.39 is 0 Å². The summed E-state index contributed by atoms with van der Waals surface area (Å²) in [4.78, 5) is 0. The number of benzene rings is 1. The lowest BCUT2D eigenvalue weighted by Gasteiger charge is -2.05. The molecule has 1 aromatic carbocycles. The summed E-state index contributed by atoms with van der Waals surface area (Å²) in [7, 11) is 0. The van der Waals surface area contributed by atoms with Crippen LogP contribution in [0.25, 0.3) is 0 Å². The van der Waals surface area contributed by atoms with E-state index >= 15 is 0 Å². The van der Waals surface area contributed by atoms with E-state index in [-0.39, 0.29) is 0 Å². The summed E-state index contributed by atoms with van der Waals surface area (Å²) in [6, 6.07) is 5.51. The molecule has 2 N–H and O–H groups in total. The number of hydrogen-bond donors (Lipinski definition) is 1. The molecule has 0 aliphatic carbocycles. The Morgan fingerprint density at radius 1 is 1.43 bits per heavy atom. The van der Waals surface area contributed by atoms with Gasteiger partial charge in [-0.25, -0.2) is 0 Å². The van der Waals surface area contributed by atoms with Crippen LogP contribution in [0.4, 0.5) is 5.69 Å². The van der Waals surface area contributed by atoms with Gasteiger partial charge in [-0.05, 0) is 19.1 Å². The second-order valence-electron chi connectivity index (χ2n) is 2.75. The van der Waals surface area contributed by atoms with Crippen LogP contribution < -0.4 is 10.5 Å². The number of hydrogen-bond acceptors (Lipinski definition) is 2. The van der Waals surface area contributed by atoms with Gasteiger partial charge in [0.1, 0.15) is 5.75 Å². The third kappa shape index (κ3) is 3.71. The molecule has 2 nitrogen and oxygen atoms in total. The van der Waals surface area contributed by atoms with Crippen LogP contribution in [0, 0.1) is 11.8 Å². The van der Waals surface area contributed by atoms with Crippen molar-refractivity contribution in [2.45, 2.75) is 13.3 Å². The molecular formula is C11H12BrNO. The lowest BCUT2D eigenvalue weighted by molar-refractivity contribution is 0.327. The summed E-state index contributed by atoms with van der Waals surface area (Å²) in [6.07, 6.45) is 0.739. The van der Waals surface area contributed by atoms with E-state index in [4.69, 9.17) is 10.5 Å². The molecule has 0 fully saturated rings. The molecule has 0 atom stereocenters. The molecule has 0 amide bonds. The van der Waals surface area contributed by atoms with Crippen molar-refractivity contribution < 1.29 is 4.74 Å². The molecule has 0 heterocycles. The average molecular weight is 254 g/mol. The first-order valence-corrected chi connectivity index (χ1v) is 5.10. The number of halogens is 1. The predicted octanol–water partition coefficient (Wildman–Crippen LogP) is 2.82. The van der Waals surface area contributed by atoms with Crippen LogP contribution in [0.3, 0.4) is 0 Å². The number of rotatable bonds is 3. The van der Waals surface area contributed by atoms with Gasteiger partial charge >= 0.3 is 0 Å². The van der Waals surface area contributed by atoms with Crippen molar-refractivity contribution >= 4 is 21.6 Å². The Kier molecular flexibility index (Phi) is 4.34. The van der Waals surface area contributed by atoms with Crippen molar-refractivity contribution in [1.82, 2.24) is 0 Å². The van der Waals surface area contributed by atoms with E-state index in [9.17, 15) is 0 Å². The third-order valence-electron chi connectivity index (χ3n) is 1.57. The van der Waals surface area contributed by atoms with E-state index in [1.807, 2.05) is 19.1 Å². The molecule has 1 rings (SSSR count). The maximum atomic E-state index is 5.65. The zero-order valence-electron chi connectivity index (χ0n) is 8.01. The average Bonchev–Trinajstić information content (AvgIpc) is 2.11. The molecule has 0 radical (unpaired) electrons. The Morgan fingerprint density at radius 3 is 2.86 bits per heavy atom. The first-order valence-electron chi connectivity index (χ1n) is 4.31. The van der Waals surface area contributed by atoms with Crippen LogP contribution >= 0.6 is 15.9 Å². The van der Waals surface area contributed by atoms with Gasteiger partial charge in [0.15, 0.2) is 0 Å². The van der Waals surface area contributed by atoms with Gasteiger partial charge in [0, 0.05) is 22.6 Å². The van der Waals surface area contributed by atoms with Crippen LogP contribution in [0.15, 0.2) is 22.7 Å². The largest absolute Gasteiger partial charge is 0.492 e. The maximum Gasteiger partial charge on any atom is 0.122 e. The third-order valence-corrected chi connectivity index (χ3v) is 2.02. The predicted molar refractivity (Wildman–Crippen MR) is 62.1 cm³/mol. The summed E-state index contributed by atoms with van der Waals surface area (Å²) in [5, 5.41) is 0. The van der Waals surface area contributed by atoms with Crippen LogP contribution in [0.1, 0.15) is 13.3 Å². The first kappa shape index (κ1) is 10.9. The Morgan fingerprint density at radius 2 is 2.21 bits per heavy atom. The molecule has 1 aromatic rings. The number of nitrogen functional groups attached to an aromatic ring is 1. The Labute approximate surface area is 92.6 Å². The molecule has 14 heavy (non-hydrogen) atoms. The number of anilines is 1. The smallest absolute Gasteiger partial charge is 0.122 e. The Bertz CT molecular complexity index is 345. The van der Waals surface area contributed by atoms with Crippen molar-refractivity contribution in [2.75, 3.05) is 12.3 Å². The second-order valence-corrected chi connectivity index (χ2v) is 3.66. The molecule has 0 unspecified atom stereocenters. The zero-order chi connectivity index (χ0) is 10.4. The number of nitrogens with two attached hydrogens (primary N) is 1. The summed E-state index contributed by atoms with van der Waals surface area (Å²) >= 11 is 3.35. The monoisotopic (exact) mass is 253 g/mol. The fourth-order valence-electron chi connectivity index (χ4n) is 1.01. The van der Waals surface area contributed by atoms with Crippen molar-refractivity contribution in [3.8, 4) is 17.6 Å².